The van der Waals surface area contributed by atoms with Crippen LogP contribution in [0.5, 0.6) is 0 Å². The lowest BCUT2D eigenvalue weighted by Gasteiger charge is -2.40. The molecule has 0 aliphatic rings. The number of hydrogen-bond acceptors (Lipinski definition) is 8. The van der Waals surface area contributed by atoms with Crippen molar-refractivity contribution in [3.05, 3.63) is 12.2 Å². The van der Waals surface area contributed by atoms with E-state index in [1.54, 1.807) is 0 Å². The van der Waals surface area contributed by atoms with E-state index in [9.17, 15) is 9.59 Å². The quantitative estimate of drug-likeness (QED) is 0.0973. The summed E-state index contributed by atoms with van der Waals surface area (Å²) in [6.45, 7) is 23.9. The SMILES string of the molecule is C=C(CC(=O)ON)C(=O)OCCCO[Si](C)(C)C(C)O[Si](C)(C)C(C)O[Si](C)(C)CCCC. The van der Waals surface area contributed by atoms with Crippen LogP contribution >= 0.6 is 0 Å². The Morgan fingerprint density at radius 2 is 1.48 bits per heavy atom. The van der Waals surface area contributed by atoms with Crippen molar-refractivity contribution in [2.45, 2.75) is 103 Å². The summed E-state index contributed by atoms with van der Waals surface area (Å²) in [5.41, 5.74) is 0.134. The van der Waals surface area contributed by atoms with E-state index < -0.39 is 36.9 Å². The lowest BCUT2D eigenvalue weighted by Crippen LogP contribution is -2.56. The summed E-state index contributed by atoms with van der Waals surface area (Å²) >= 11 is 0. The van der Waals surface area contributed by atoms with Gasteiger partial charge < -0.3 is 22.9 Å². The molecule has 2 unspecified atom stereocenters. The maximum absolute atomic E-state index is 11.8. The molecule has 0 fully saturated rings. The molecule has 0 saturated heterocycles. The first-order chi connectivity index (χ1) is 15.1. The Balaban J connectivity index is 4.54. The van der Waals surface area contributed by atoms with E-state index >= 15 is 0 Å². The second-order valence-corrected chi connectivity index (χ2v) is 23.0. The molecule has 0 aromatic rings. The lowest BCUT2D eigenvalue weighted by molar-refractivity contribution is -0.146. The zero-order valence-electron chi connectivity index (χ0n) is 22.2. The van der Waals surface area contributed by atoms with Gasteiger partial charge in [0.2, 0.25) is 16.6 Å². The second-order valence-electron chi connectivity index (χ2n) is 10.2. The molecule has 0 aliphatic carbocycles. The number of unbranched alkanes of at least 4 members (excludes halogenated alkanes) is 1. The van der Waals surface area contributed by atoms with Gasteiger partial charge in [-0.15, -0.1) is 0 Å². The van der Waals surface area contributed by atoms with Crippen LogP contribution in [0.25, 0.3) is 0 Å². The molecule has 2 atom stereocenters. The Kier molecular flexibility index (Phi) is 14.2. The average Bonchev–Trinajstić information content (AvgIpc) is 2.70. The van der Waals surface area contributed by atoms with Gasteiger partial charge in [-0.05, 0) is 59.2 Å². The molecule has 0 aromatic heterocycles. The van der Waals surface area contributed by atoms with Crippen LogP contribution in [0.4, 0.5) is 0 Å². The fourth-order valence-electron chi connectivity index (χ4n) is 3.04. The fourth-order valence-corrected chi connectivity index (χ4v) is 11.5. The van der Waals surface area contributed by atoms with Gasteiger partial charge in [-0.25, -0.2) is 4.79 Å². The smallest absolute Gasteiger partial charge is 0.333 e. The maximum atomic E-state index is 11.8. The van der Waals surface area contributed by atoms with E-state index in [1.165, 1.54) is 18.9 Å². The summed E-state index contributed by atoms with van der Waals surface area (Å²) in [4.78, 5) is 26.9. The van der Waals surface area contributed by atoms with Crippen LogP contribution in [-0.4, -0.2) is 61.6 Å². The Morgan fingerprint density at radius 3 is 2.03 bits per heavy atom. The van der Waals surface area contributed by atoms with Gasteiger partial charge in [0, 0.05) is 18.6 Å². The summed E-state index contributed by atoms with van der Waals surface area (Å²) in [6.07, 6.45) is 2.65. The number of nitrogens with two attached hydrogens (primary N) is 1. The van der Waals surface area contributed by atoms with E-state index in [-0.39, 0.29) is 30.1 Å². The molecule has 194 valence electrons. The number of hydrogen-bond donors (Lipinski definition) is 1. The van der Waals surface area contributed by atoms with Crippen LogP contribution in [0.1, 0.15) is 46.5 Å². The van der Waals surface area contributed by atoms with Crippen molar-refractivity contribution in [1.82, 2.24) is 0 Å². The van der Waals surface area contributed by atoms with Crippen LogP contribution in [0.15, 0.2) is 12.2 Å². The van der Waals surface area contributed by atoms with Crippen molar-refractivity contribution in [2.75, 3.05) is 13.2 Å². The third-order valence-corrected chi connectivity index (χ3v) is 14.9. The Hall–Kier alpha value is -0.829. The molecular weight excluding hydrogens is 475 g/mol. The van der Waals surface area contributed by atoms with Crippen LogP contribution in [0, 0.1) is 0 Å². The Labute approximate surface area is 203 Å². The van der Waals surface area contributed by atoms with Crippen LogP contribution in [0.3, 0.4) is 0 Å². The molecule has 0 spiro atoms. The molecule has 8 nitrogen and oxygen atoms in total. The molecule has 0 radical (unpaired) electrons. The largest absolute Gasteiger partial charge is 0.462 e. The fraction of sp³-hybridized carbons (Fsp3) is 0.818. The van der Waals surface area contributed by atoms with Crippen molar-refractivity contribution in [3.8, 4) is 0 Å². The first kappa shape index (κ1) is 32.2. The number of carbonyl (C=O) groups is 2. The zero-order valence-corrected chi connectivity index (χ0v) is 25.2. The monoisotopic (exact) mass is 521 g/mol. The van der Waals surface area contributed by atoms with Crippen molar-refractivity contribution >= 4 is 36.9 Å². The van der Waals surface area contributed by atoms with E-state index in [0.717, 1.165) is 0 Å². The van der Waals surface area contributed by atoms with Gasteiger partial charge in [0.25, 0.3) is 0 Å². The minimum Gasteiger partial charge on any atom is -0.462 e. The Bertz CT molecular complexity index is 641. The predicted octanol–water partition coefficient (Wildman–Crippen LogP) is 4.60. The number of rotatable bonds is 17. The molecule has 0 bridgehead atoms. The van der Waals surface area contributed by atoms with Gasteiger partial charge in [0.05, 0.1) is 24.5 Å². The minimum absolute atomic E-state index is 0.00700. The van der Waals surface area contributed by atoms with Crippen molar-refractivity contribution < 1.29 is 32.4 Å². The molecule has 2 N–H and O–H groups in total. The standard InChI is InChI=1S/C22H47NO7Si3/c1-11-12-16-31(5,6)29-19(3)33(9,10)30-20(4)32(7,8)27-15-13-14-26-22(25)18(2)17-21(24)28-23/h19-20H,2,11-17,23H2,1,3-10H3. The summed E-state index contributed by atoms with van der Waals surface area (Å²) in [5, 5.41) is 0. The van der Waals surface area contributed by atoms with Gasteiger partial charge in [-0.3, -0.25) is 4.79 Å². The van der Waals surface area contributed by atoms with Gasteiger partial charge in [0.1, 0.15) is 0 Å². The van der Waals surface area contributed by atoms with E-state index in [2.05, 4.69) is 71.5 Å². The average molecular weight is 522 g/mol. The van der Waals surface area contributed by atoms with Gasteiger partial charge in [0.15, 0.2) is 8.32 Å². The number of ether oxygens (including phenoxy) is 1. The highest BCUT2D eigenvalue weighted by molar-refractivity contribution is 6.78. The predicted molar refractivity (Wildman–Crippen MR) is 139 cm³/mol. The minimum atomic E-state index is -2.13. The zero-order chi connectivity index (χ0) is 25.9. The maximum Gasteiger partial charge on any atom is 0.333 e. The summed E-state index contributed by atoms with van der Waals surface area (Å²) < 4.78 is 24.5. The number of carbonyl (C=O) groups excluding carboxylic acids is 2. The third kappa shape index (κ3) is 13.0. The van der Waals surface area contributed by atoms with Crippen molar-refractivity contribution in [3.63, 3.8) is 0 Å². The van der Waals surface area contributed by atoms with Crippen molar-refractivity contribution in [2.24, 2.45) is 5.90 Å². The number of esters is 1. The van der Waals surface area contributed by atoms with E-state index in [4.69, 9.17) is 23.9 Å². The molecule has 0 saturated carbocycles. The molecule has 0 aromatic carbocycles. The second kappa shape index (κ2) is 14.5. The molecule has 0 rings (SSSR count). The van der Waals surface area contributed by atoms with Gasteiger partial charge in [-0.1, -0.05) is 26.3 Å². The summed E-state index contributed by atoms with van der Waals surface area (Å²) in [7, 11) is -5.92. The molecule has 0 amide bonds. The van der Waals surface area contributed by atoms with Gasteiger partial charge in [-0.2, -0.15) is 5.90 Å². The molecular formula is C22H47NO7Si3. The first-order valence-electron chi connectivity index (χ1n) is 11.8. The molecule has 0 aliphatic heterocycles. The van der Waals surface area contributed by atoms with Crippen molar-refractivity contribution in [1.29, 1.82) is 0 Å². The summed E-state index contributed by atoms with van der Waals surface area (Å²) in [5.74, 6) is 3.38. The molecule has 33 heavy (non-hydrogen) atoms. The Morgan fingerprint density at radius 1 is 0.909 bits per heavy atom. The highest BCUT2D eigenvalue weighted by atomic mass is 28.4. The normalized spacial score (nSPS) is 14.5. The van der Waals surface area contributed by atoms with Crippen LogP contribution in [-0.2, 0) is 32.4 Å². The third-order valence-electron chi connectivity index (χ3n) is 5.84. The highest BCUT2D eigenvalue weighted by Gasteiger charge is 2.41. The van der Waals surface area contributed by atoms with Crippen LogP contribution < -0.4 is 5.90 Å². The summed E-state index contributed by atoms with van der Waals surface area (Å²) in [6, 6.07) is 1.17. The van der Waals surface area contributed by atoms with Crippen LogP contribution in [0.2, 0.25) is 45.3 Å². The highest BCUT2D eigenvalue weighted by Crippen LogP contribution is 2.26. The first-order valence-corrected chi connectivity index (χ1v) is 20.9. The lowest BCUT2D eigenvalue weighted by atomic mass is 10.2. The van der Waals surface area contributed by atoms with E-state index in [0.29, 0.717) is 13.0 Å². The van der Waals surface area contributed by atoms with Gasteiger partial charge >= 0.3 is 11.9 Å². The van der Waals surface area contributed by atoms with E-state index in [1.807, 2.05) is 0 Å². The topological polar surface area (TPSA) is 106 Å². The molecule has 11 heteroatoms. The molecule has 0 heterocycles.